The first-order valence-electron chi connectivity index (χ1n) is 8.03. The fourth-order valence-electron chi connectivity index (χ4n) is 2.22. The molecular weight excluding hydrogens is 288 g/mol. The Bertz CT molecular complexity index is 595. The molecule has 0 fully saturated rings. The van der Waals surface area contributed by atoms with E-state index in [1.165, 1.54) is 11.1 Å². The molecule has 0 unspecified atom stereocenters. The van der Waals surface area contributed by atoms with Gasteiger partial charge in [-0.3, -0.25) is 9.78 Å². The second kappa shape index (κ2) is 8.93. The number of nitrogens with zero attached hydrogens (tertiary/aromatic N) is 1. The molecule has 0 aliphatic rings. The summed E-state index contributed by atoms with van der Waals surface area (Å²) in [5.41, 5.74) is 2.49. The molecule has 23 heavy (non-hydrogen) atoms. The molecule has 0 atom stereocenters. The Morgan fingerprint density at radius 1 is 1.13 bits per heavy atom. The van der Waals surface area contributed by atoms with Gasteiger partial charge in [0, 0.05) is 18.9 Å². The Morgan fingerprint density at radius 2 is 1.83 bits per heavy atom. The summed E-state index contributed by atoms with van der Waals surface area (Å²) in [6.45, 7) is 5.00. The van der Waals surface area contributed by atoms with E-state index in [-0.39, 0.29) is 12.5 Å². The molecule has 1 amide bonds. The highest BCUT2D eigenvalue weighted by Gasteiger charge is 2.03. The monoisotopic (exact) mass is 312 g/mol. The molecule has 1 heterocycles. The van der Waals surface area contributed by atoms with Crippen molar-refractivity contribution in [2.75, 3.05) is 13.2 Å². The summed E-state index contributed by atoms with van der Waals surface area (Å²) in [6.07, 6.45) is 5.40. The highest BCUT2D eigenvalue weighted by atomic mass is 16.5. The van der Waals surface area contributed by atoms with Crippen LogP contribution in [0.4, 0.5) is 0 Å². The average Bonchev–Trinajstić information content (AvgIpc) is 2.58. The van der Waals surface area contributed by atoms with Crippen LogP contribution in [0.3, 0.4) is 0 Å². The number of benzene rings is 1. The van der Waals surface area contributed by atoms with Crippen molar-refractivity contribution in [1.82, 2.24) is 10.3 Å². The zero-order chi connectivity index (χ0) is 16.5. The van der Waals surface area contributed by atoms with Crippen molar-refractivity contribution in [2.24, 2.45) is 0 Å². The van der Waals surface area contributed by atoms with Gasteiger partial charge in [0.25, 0.3) is 5.91 Å². The maximum absolute atomic E-state index is 11.8. The molecule has 0 saturated carbocycles. The number of carbonyl (C=O) groups is 1. The largest absolute Gasteiger partial charge is 0.484 e. The van der Waals surface area contributed by atoms with Crippen molar-refractivity contribution >= 4 is 5.91 Å². The van der Waals surface area contributed by atoms with Gasteiger partial charge in [-0.05, 0) is 54.2 Å². The summed E-state index contributed by atoms with van der Waals surface area (Å²) in [7, 11) is 0. The van der Waals surface area contributed by atoms with Crippen LogP contribution in [-0.4, -0.2) is 24.0 Å². The lowest BCUT2D eigenvalue weighted by Gasteiger charge is -2.09. The molecule has 4 nitrogen and oxygen atoms in total. The second-order valence-electron chi connectivity index (χ2n) is 5.82. The van der Waals surface area contributed by atoms with E-state index in [0.29, 0.717) is 12.5 Å². The number of aromatic nitrogens is 1. The van der Waals surface area contributed by atoms with Gasteiger partial charge in [0.2, 0.25) is 0 Å². The molecule has 4 heteroatoms. The topological polar surface area (TPSA) is 51.2 Å². The molecule has 1 aromatic carbocycles. The number of amides is 1. The summed E-state index contributed by atoms with van der Waals surface area (Å²) >= 11 is 0. The molecule has 0 aliphatic heterocycles. The zero-order valence-electron chi connectivity index (χ0n) is 13.8. The summed E-state index contributed by atoms with van der Waals surface area (Å²) < 4.78 is 5.50. The Morgan fingerprint density at radius 3 is 2.48 bits per heavy atom. The van der Waals surface area contributed by atoms with Crippen molar-refractivity contribution in [3.05, 3.63) is 59.9 Å². The number of aryl methyl sites for hydroxylation is 1. The number of nitrogens with one attached hydrogen (secondary N) is 1. The maximum Gasteiger partial charge on any atom is 0.257 e. The highest BCUT2D eigenvalue weighted by Crippen LogP contribution is 2.18. The van der Waals surface area contributed by atoms with Gasteiger partial charge in [0.05, 0.1) is 0 Å². The Labute approximate surface area is 137 Å². The normalized spacial score (nSPS) is 10.6. The molecule has 1 N–H and O–H groups in total. The van der Waals surface area contributed by atoms with Gasteiger partial charge >= 0.3 is 0 Å². The van der Waals surface area contributed by atoms with Gasteiger partial charge < -0.3 is 10.1 Å². The average molecular weight is 312 g/mol. The Balaban J connectivity index is 1.63. The third-order valence-electron chi connectivity index (χ3n) is 3.63. The third-order valence-corrected chi connectivity index (χ3v) is 3.63. The van der Waals surface area contributed by atoms with E-state index < -0.39 is 0 Å². The van der Waals surface area contributed by atoms with Gasteiger partial charge in [0.15, 0.2) is 6.61 Å². The second-order valence-corrected chi connectivity index (χ2v) is 5.82. The minimum atomic E-state index is -0.0901. The number of rotatable bonds is 8. The fourth-order valence-corrected chi connectivity index (χ4v) is 2.22. The highest BCUT2D eigenvalue weighted by molar-refractivity contribution is 5.77. The van der Waals surface area contributed by atoms with Gasteiger partial charge in [-0.25, -0.2) is 0 Å². The molecular formula is C19H24N2O2. The van der Waals surface area contributed by atoms with E-state index in [1.54, 1.807) is 12.4 Å². The van der Waals surface area contributed by atoms with Crippen LogP contribution < -0.4 is 10.1 Å². The Kier molecular flexibility index (Phi) is 6.60. The number of carbonyl (C=O) groups excluding carboxylic acids is 1. The smallest absolute Gasteiger partial charge is 0.257 e. The summed E-state index contributed by atoms with van der Waals surface area (Å²) in [5.74, 6) is 1.13. The van der Waals surface area contributed by atoms with E-state index >= 15 is 0 Å². The number of ether oxygens (including phenoxy) is 1. The predicted octanol–water partition coefficient (Wildman–Crippen LogP) is 3.33. The molecule has 0 spiro atoms. The maximum atomic E-state index is 11.8. The van der Waals surface area contributed by atoms with Gasteiger partial charge in [-0.15, -0.1) is 0 Å². The van der Waals surface area contributed by atoms with Crippen LogP contribution in [0.25, 0.3) is 0 Å². The van der Waals surface area contributed by atoms with Crippen LogP contribution in [0.2, 0.25) is 0 Å². The lowest BCUT2D eigenvalue weighted by Crippen LogP contribution is -2.29. The molecule has 122 valence electrons. The molecule has 2 aromatic rings. The van der Waals surface area contributed by atoms with Crippen LogP contribution in [0, 0.1) is 0 Å². The van der Waals surface area contributed by atoms with E-state index in [1.807, 2.05) is 36.4 Å². The van der Waals surface area contributed by atoms with Crippen LogP contribution >= 0.6 is 0 Å². The quantitative estimate of drug-likeness (QED) is 0.761. The summed E-state index contributed by atoms with van der Waals surface area (Å²) in [5, 5.41) is 2.87. The number of pyridine rings is 1. The molecule has 0 saturated heterocycles. The van der Waals surface area contributed by atoms with E-state index in [0.717, 1.165) is 18.6 Å². The summed E-state index contributed by atoms with van der Waals surface area (Å²) in [6, 6.07) is 11.9. The predicted molar refractivity (Wildman–Crippen MR) is 91.6 cm³/mol. The minimum Gasteiger partial charge on any atom is -0.484 e. The minimum absolute atomic E-state index is 0.0519. The van der Waals surface area contributed by atoms with Crippen molar-refractivity contribution in [3.8, 4) is 5.75 Å². The standard InChI is InChI=1S/C19H24N2O2/c1-15(2)17-5-7-18(8-6-17)23-14-19(22)21-11-3-4-16-9-12-20-13-10-16/h5-10,12-13,15H,3-4,11,14H2,1-2H3,(H,21,22). The summed E-state index contributed by atoms with van der Waals surface area (Å²) in [4.78, 5) is 15.7. The lowest BCUT2D eigenvalue weighted by molar-refractivity contribution is -0.123. The zero-order valence-corrected chi connectivity index (χ0v) is 13.8. The van der Waals surface area contributed by atoms with Crippen LogP contribution in [0.5, 0.6) is 5.75 Å². The van der Waals surface area contributed by atoms with Crippen molar-refractivity contribution in [2.45, 2.75) is 32.6 Å². The number of hydrogen-bond donors (Lipinski definition) is 1. The van der Waals surface area contributed by atoms with Crippen LogP contribution in [-0.2, 0) is 11.2 Å². The lowest BCUT2D eigenvalue weighted by atomic mass is 10.0. The first-order chi connectivity index (χ1) is 11.1. The number of hydrogen-bond acceptors (Lipinski definition) is 3. The van der Waals surface area contributed by atoms with Crippen molar-refractivity contribution < 1.29 is 9.53 Å². The molecule has 0 radical (unpaired) electrons. The van der Waals surface area contributed by atoms with Gasteiger partial charge in [0.1, 0.15) is 5.75 Å². The third kappa shape index (κ3) is 6.10. The van der Waals surface area contributed by atoms with E-state index in [2.05, 4.69) is 24.1 Å². The first kappa shape index (κ1) is 17.0. The van der Waals surface area contributed by atoms with Crippen molar-refractivity contribution in [3.63, 3.8) is 0 Å². The van der Waals surface area contributed by atoms with E-state index in [4.69, 9.17) is 4.74 Å². The van der Waals surface area contributed by atoms with Gasteiger partial charge in [-0.1, -0.05) is 26.0 Å². The Hall–Kier alpha value is -2.36. The fraction of sp³-hybridized carbons (Fsp3) is 0.368. The molecule has 2 rings (SSSR count). The van der Waals surface area contributed by atoms with Crippen LogP contribution in [0.15, 0.2) is 48.8 Å². The van der Waals surface area contributed by atoms with Gasteiger partial charge in [-0.2, -0.15) is 0 Å². The SMILES string of the molecule is CC(C)c1ccc(OCC(=O)NCCCc2ccncc2)cc1. The molecule has 0 aliphatic carbocycles. The van der Waals surface area contributed by atoms with Crippen molar-refractivity contribution in [1.29, 1.82) is 0 Å². The first-order valence-corrected chi connectivity index (χ1v) is 8.03. The van der Waals surface area contributed by atoms with E-state index in [9.17, 15) is 4.79 Å². The van der Waals surface area contributed by atoms with Crippen LogP contribution in [0.1, 0.15) is 37.3 Å². The molecule has 0 bridgehead atoms. The molecule has 1 aromatic heterocycles.